The third-order valence-corrected chi connectivity index (χ3v) is 20.4. The molecule has 0 aromatic rings. The molecule has 0 bridgehead atoms. The average Bonchev–Trinajstić information content (AvgIpc) is 0.782. The zero-order valence-corrected chi connectivity index (χ0v) is 63.1. The number of carbonyl (C=O) groups is 1. The van der Waals surface area contributed by atoms with Crippen molar-refractivity contribution in [1.82, 2.24) is 5.32 Å². The summed E-state index contributed by atoms with van der Waals surface area (Å²) in [6.07, 6.45) is 53.0. The van der Waals surface area contributed by atoms with Crippen molar-refractivity contribution >= 4 is 5.91 Å². The lowest BCUT2D eigenvalue weighted by atomic mass is 9.96. The molecule has 0 saturated carbocycles. The molecule has 3 heterocycles. The molecule has 3 rings (SSSR count). The minimum atomic E-state index is -1.98. The van der Waals surface area contributed by atoms with Gasteiger partial charge in [-0.05, 0) is 57.8 Å². The van der Waals surface area contributed by atoms with Gasteiger partial charge in [-0.15, -0.1) is 0 Å². The van der Waals surface area contributed by atoms with Crippen LogP contribution in [-0.2, 0) is 33.2 Å². The van der Waals surface area contributed by atoms with Crippen molar-refractivity contribution in [3.05, 3.63) is 60.8 Å². The van der Waals surface area contributed by atoms with Crippen LogP contribution in [0.4, 0.5) is 0 Å². The second kappa shape index (κ2) is 62.5. The molecule has 0 radical (unpaired) electrons. The largest absolute Gasteiger partial charge is 0.394 e. The fourth-order valence-corrected chi connectivity index (χ4v) is 13.8. The summed E-state index contributed by atoms with van der Waals surface area (Å²) in [6.45, 7) is 1.73. The molecule has 0 aromatic heterocycles. The van der Waals surface area contributed by atoms with Gasteiger partial charge < -0.3 is 89.9 Å². The Morgan fingerprint density at radius 2 is 0.683 bits per heavy atom. The van der Waals surface area contributed by atoms with Crippen LogP contribution in [0, 0.1) is 0 Å². The maximum atomic E-state index is 13.5. The predicted molar refractivity (Wildman–Crippen MR) is 402 cm³/mol. The van der Waals surface area contributed by atoms with Gasteiger partial charge in [0, 0.05) is 6.42 Å². The molecule has 0 aliphatic carbocycles. The van der Waals surface area contributed by atoms with Gasteiger partial charge in [0.1, 0.15) is 73.2 Å². The maximum absolute atomic E-state index is 13.5. The summed E-state index contributed by atoms with van der Waals surface area (Å²) >= 11 is 0. The van der Waals surface area contributed by atoms with Crippen molar-refractivity contribution in [3.63, 3.8) is 0 Å². The Hall–Kier alpha value is -2.51. The van der Waals surface area contributed by atoms with Crippen LogP contribution in [0.15, 0.2) is 60.8 Å². The maximum Gasteiger partial charge on any atom is 0.220 e. The minimum Gasteiger partial charge on any atom is -0.394 e. The topological polar surface area (TPSA) is 307 Å². The van der Waals surface area contributed by atoms with E-state index in [0.29, 0.717) is 12.8 Å². The van der Waals surface area contributed by atoms with E-state index in [-0.39, 0.29) is 18.9 Å². The highest BCUT2D eigenvalue weighted by molar-refractivity contribution is 5.76. The van der Waals surface area contributed by atoms with E-state index in [1.807, 2.05) is 0 Å². The van der Waals surface area contributed by atoms with E-state index in [1.54, 1.807) is 0 Å². The fraction of sp³-hybridized carbons (Fsp3) is 0.866. The molecule has 17 atom stereocenters. The van der Waals surface area contributed by atoms with Crippen LogP contribution >= 0.6 is 0 Å². The van der Waals surface area contributed by atoms with E-state index in [4.69, 9.17) is 28.4 Å². The third kappa shape index (κ3) is 42.6. The molecular weight excluding hydrogens is 1290 g/mol. The van der Waals surface area contributed by atoms with Crippen LogP contribution in [0.25, 0.3) is 0 Å². The smallest absolute Gasteiger partial charge is 0.220 e. The summed E-state index contributed by atoms with van der Waals surface area (Å²) in [5.74, 6) is -0.244. The lowest BCUT2D eigenvalue weighted by Gasteiger charge is -2.48. The van der Waals surface area contributed by atoms with Crippen LogP contribution in [0.1, 0.15) is 322 Å². The first-order valence-electron chi connectivity index (χ1n) is 41.0. The molecule has 3 aliphatic rings. The Balaban J connectivity index is 1.37. The van der Waals surface area contributed by atoms with Crippen LogP contribution in [0.3, 0.4) is 0 Å². The zero-order valence-electron chi connectivity index (χ0n) is 63.1. The van der Waals surface area contributed by atoms with Gasteiger partial charge in [0.15, 0.2) is 18.9 Å². The Kier molecular flexibility index (Phi) is 57.4. The van der Waals surface area contributed by atoms with Gasteiger partial charge in [0.25, 0.3) is 0 Å². The number of rotatable bonds is 65. The molecule has 19 heteroatoms. The normalized spacial score (nSPS) is 26.6. The number of unbranched alkanes of at least 4 members (excludes halogenated alkanes) is 39. The summed E-state index contributed by atoms with van der Waals surface area (Å²) in [7, 11) is 0. The number of ether oxygens (including phenoxy) is 6. The second-order valence-electron chi connectivity index (χ2n) is 29.2. The van der Waals surface area contributed by atoms with Crippen LogP contribution in [-0.4, -0.2) is 193 Å². The highest BCUT2D eigenvalue weighted by atomic mass is 16.8. The standard InChI is InChI=1S/C82H149NO18/c1-3-5-7-9-11-13-15-17-19-21-23-25-27-29-31-32-34-35-37-39-41-43-45-47-49-51-53-55-57-59-66(87)65(83-70(88)60-58-56-54-52-50-48-46-44-42-40-38-36-33-30-28-26-24-22-20-18-16-14-12-10-8-6-4-2)64-96-80-76(94)73(91)78(68(62-85)98-80)101-82-77(95)74(92)79(69(63-86)99-82)100-81-75(93)72(90)71(89)67(61-84)97-81/h6,8,12,14,18,20,24,26,30,33,65-69,71-82,84-87,89-95H,3-5,7,9-11,13,15-17,19,21-23,25,27-29,31-32,34-64H2,1-2H3,(H,83,88)/b8-6-,14-12-,20-18-,26-24-,33-30-. The van der Waals surface area contributed by atoms with Crippen LogP contribution < -0.4 is 5.32 Å². The lowest BCUT2D eigenvalue weighted by Crippen LogP contribution is -2.66. The highest BCUT2D eigenvalue weighted by Crippen LogP contribution is 2.33. The number of allylic oxidation sites excluding steroid dienone is 10. The summed E-state index contributed by atoms with van der Waals surface area (Å²) in [6, 6.07) is -0.894. The first-order chi connectivity index (χ1) is 49.3. The SMILES string of the molecule is CC/C=C\C/C=C\C/C=C\C/C=C\C/C=C\CCCCCCCCCCCCCC(=O)NC(COC1OC(CO)C(OC2OC(CO)C(OC3OC(CO)C(O)C(O)C3O)C(O)C2O)C(O)C1O)C(O)CCCCCCCCCCCCCCCCCCCCCCCCCCCCCCC. The van der Waals surface area contributed by atoms with Crippen molar-refractivity contribution in [2.24, 2.45) is 0 Å². The second-order valence-corrected chi connectivity index (χ2v) is 29.2. The fourth-order valence-electron chi connectivity index (χ4n) is 13.8. The molecule has 590 valence electrons. The van der Waals surface area contributed by atoms with Gasteiger partial charge in [-0.2, -0.15) is 0 Å². The molecule has 0 spiro atoms. The van der Waals surface area contributed by atoms with E-state index in [1.165, 1.54) is 205 Å². The number of aliphatic hydroxyl groups excluding tert-OH is 11. The van der Waals surface area contributed by atoms with E-state index < -0.39 is 124 Å². The minimum absolute atomic E-state index is 0.244. The Morgan fingerprint density at radius 1 is 0.366 bits per heavy atom. The Bertz CT molecular complexity index is 2060. The van der Waals surface area contributed by atoms with Gasteiger partial charge in [-0.1, -0.05) is 319 Å². The van der Waals surface area contributed by atoms with Crippen molar-refractivity contribution in [2.45, 2.75) is 426 Å². The summed E-state index contributed by atoms with van der Waals surface area (Å²) in [4.78, 5) is 13.5. The predicted octanol–water partition coefficient (Wildman–Crippen LogP) is 13.8. The number of aliphatic hydroxyl groups is 11. The number of hydrogen-bond donors (Lipinski definition) is 12. The number of hydrogen-bond acceptors (Lipinski definition) is 18. The van der Waals surface area contributed by atoms with Crippen LogP contribution in [0.5, 0.6) is 0 Å². The molecule has 17 unspecified atom stereocenters. The molecular formula is C82H149NO18. The molecule has 3 aliphatic heterocycles. The summed E-state index contributed by atoms with van der Waals surface area (Å²) in [5, 5.41) is 121. The molecule has 3 fully saturated rings. The zero-order chi connectivity index (χ0) is 73.2. The number of carbonyl (C=O) groups excluding carboxylic acids is 1. The van der Waals surface area contributed by atoms with Crippen molar-refractivity contribution in [2.75, 3.05) is 26.4 Å². The van der Waals surface area contributed by atoms with Crippen molar-refractivity contribution in [1.29, 1.82) is 0 Å². The lowest BCUT2D eigenvalue weighted by molar-refractivity contribution is -0.379. The quantitative estimate of drug-likeness (QED) is 0.0199. The van der Waals surface area contributed by atoms with Crippen molar-refractivity contribution in [3.8, 4) is 0 Å². The monoisotopic (exact) mass is 1440 g/mol. The van der Waals surface area contributed by atoms with Crippen LogP contribution in [0.2, 0.25) is 0 Å². The Labute approximate surface area is 611 Å². The first-order valence-corrected chi connectivity index (χ1v) is 41.0. The van der Waals surface area contributed by atoms with E-state index in [0.717, 1.165) is 83.5 Å². The molecule has 3 saturated heterocycles. The van der Waals surface area contributed by atoms with E-state index in [2.05, 4.69) is 79.9 Å². The molecule has 101 heavy (non-hydrogen) atoms. The Morgan fingerprint density at radius 3 is 1.07 bits per heavy atom. The number of nitrogens with one attached hydrogen (secondary N) is 1. The van der Waals surface area contributed by atoms with E-state index >= 15 is 0 Å². The van der Waals surface area contributed by atoms with Crippen molar-refractivity contribution < 1.29 is 89.4 Å². The average molecular weight is 1440 g/mol. The van der Waals surface area contributed by atoms with Gasteiger partial charge >= 0.3 is 0 Å². The number of amides is 1. The molecule has 19 nitrogen and oxygen atoms in total. The van der Waals surface area contributed by atoms with E-state index in [9.17, 15) is 61.0 Å². The molecule has 0 aromatic carbocycles. The van der Waals surface area contributed by atoms with Gasteiger partial charge in [-0.25, -0.2) is 0 Å². The first kappa shape index (κ1) is 92.7. The highest BCUT2D eigenvalue weighted by Gasteiger charge is 2.54. The molecule has 1 amide bonds. The summed E-state index contributed by atoms with van der Waals surface area (Å²) < 4.78 is 34.5. The summed E-state index contributed by atoms with van der Waals surface area (Å²) in [5.41, 5.74) is 0. The third-order valence-electron chi connectivity index (χ3n) is 20.4. The van der Waals surface area contributed by atoms with Gasteiger partial charge in [0.2, 0.25) is 5.91 Å². The van der Waals surface area contributed by atoms with Gasteiger partial charge in [0.05, 0.1) is 38.6 Å². The van der Waals surface area contributed by atoms with Gasteiger partial charge in [-0.3, -0.25) is 4.79 Å². The molecule has 12 N–H and O–H groups in total.